The van der Waals surface area contributed by atoms with Crippen molar-refractivity contribution in [3.63, 3.8) is 0 Å². The highest BCUT2D eigenvalue weighted by molar-refractivity contribution is 7.89. The fraction of sp³-hybridized carbons (Fsp3) is 0.611. The highest BCUT2D eigenvalue weighted by Gasteiger charge is 2.27. The molecule has 1 N–H and O–H groups in total. The molecule has 0 unspecified atom stereocenters. The van der Waals surface area contributed by atoms with Gasteiger partial charge in [-0.25, -0.2) is 12.8 Å². The number of piperazine rings is 1. The normalized spacial score (nSPS) is 16.1. The fourth-order valence-corrected chi connectivity index (χ4v) is 4.49. The molecule has 1 aromatic carbocycles. The maximum absolute atomic E-state index is 13.9. The summed E-state index contributed by atoms with van der Waals surface area (Å²) in [7, 11) is -3.44. The number of para-hydroxylation sites is 1. The molecular formula is C18H28FN3O3S. The molecule has 1 heterocycles. The van der Waals surface area contributed by atoms with Crippen molar-refractivity contribution in [1.82, 2.24) is 9.62 Å². The number of nitrogens with one attached hydrogen (secondary N) is 1. The Hall–Kier alpha value is -1.67. The van der Waals surface area contributed by atoms with Crippen LogP contribution in [0.15, 0.2) is 24.3 Å². The number of benzene rings is 1. The minimum atomic E-state index is -3.44. The lowest BCUT2D eigenvalue weighted by atomic mass is 10.0. The van der Waals surface area contributed by atoms with Crippen molar-refractivity contribution < 1.29 is 17.6 Å². The minimum Gasteiger partial charge on any atom is -0.367 e. The van der Waals surface area contributed by atoms with E-state index in [-0.39, 0.29) is 29.9 Å². The van der Waals surface area contributed by atoms with Gasteiger partial charge >= 0.3 is 0 Å². The molecule has 146 valence electrons. The lowest BCUT2D eigenvalue weighted by Crippen LogP contribution is -2.50. The van der Waals surface area contributed by atoms with Crippen LogP contribution in [0.3, 0.4) is 0 Å². The highest BCUT2D eigenvalue weighted by Crippen LogP contribution is 2.21. The summed E-state index contributed by atoms with van der Waals surface area (Å²) < 4.78 is 40.2. The average Bonchev–Trinajstić information content (AvgIpc) is 2.63. The molecule has 1 fully saturated rings. The van der Waals surface area contributed by atoms with Gasteiger partial charge in [0, 0.05) is 38.6 Å². The smallest absolute Gasteiger partial charge is 0.223 e. The van der Waals surface area contributed by atoms with Gasteiger partial charge in [-0.2, -0.15) is 4.31 Å². The van der Waals surface area contributed by atoms with E-state index >= 15 is 0 Å². The monoisotopic (exact) mass is 385 g/mol. The van der Waals surface area contributed by atoms with E-state index in [1.807, 2.05) is 18.7 Å². The molecule has 1 amide bonds. The lowest BCUT2D eigenvalue weighted by Gasteiger charge is -2.35. The zero-order valence-electron chi connectivity index (χ0n) is 15.4. The third-order valence-corrected chi connectivity index (χ3v) is 6.71. The van der Waals surface area contributed by atoms with Gasteiger partial charge in [0.1, 0.15) is 5.82 Å². The van der Waals surface area contributed by atoms with Gasteiger partial charge in [-0.15, -0.1) is 0 Å². The van der Waals surface area contributed by atoms with Gasteiger partial charge in [-0.1, -0.05) is 26.0 Å². The molecule has 1 aliphatic rings. The number of rotatable bonds is 8. The van der Waals surface area contributed by atoms with E-state index < -0.39 is 10.0 Å². The van der Waals surface area contributed by atoms with Crippen LogP contribution >= 0.6 is 0 Å². The zero-order chi connectivity index (χ0) is 19.2. The molecule has 8 heteroatoms. The fourth-order valence-electron chi connectivity index (χ4n) is 3.15. The number of carbonyl (C=O) groups is 1. The van der Waals surface area contributed by atoms with Crippen LogP contribution in [-0.4, -0.2) is 57.1 Å². The van der Waals surface area contributed by atoms with E-state index in [2.05, 4.69) is 5.32 Å². The van der Waals surface area contributed by atoms with Crippen molar-refractivity contribution in [2.75, 3.05) is 43.4 Å². The van der Waals surface area contributed by atoms with Crippen molar-refractivity contribution in [3.8, 4) is 0 Å². The second kappa shape index (κ2) is 9.32. The Morgan fingerprint density at radius 3 is 2.35 bits per heavy atom. The topological polar surface area (TPSA) is 69.7 Å². The molecule has 0 aliphatic carbocycles. The first-order chi connectivity index (χ1) is 12.4. The molecule has 1 aromatic rings. The molecule has 1 saturated heterocycles. The minimum absolute atomic E-state index is 0.0676. The first-order valence-corrected chi connectivity index (χ1v) is 10.7. The van der Waals surface area contributed by atoms with E-state index in [0.717, 1.165) is 12.8 Å². The van der Waals surface area contributed by atoms with Crippen LogP contribution in [-0.2, 0) is 14.8 Å². The predicted molar refractivity (Wildman–Crippen MR) is 101 cm³/mol. The van der Waals surface area contributed by atoms with Gasteiger partial charge < -0.3 is 10.2 Å². The molecule has 0 bridgehead atoms. The van der Waals surface area contributed by atoms with Gasteiger partial charge in [0.2, 0.25) is 15.9 Å². The van der Waals surface area contributed by atoms with Crippen molar-refractivity contribution in [1.29, 1.82) is 0 Å². The van der Waals surface area contributed by atoms with E-state index in [4.69, 9.17) is 0 Å². The molecule has 2 rings (SSSR count). The number of nitrogens with zero attached hydrogens (tertiary/aromatic N) is 2. The molecule has 0 radical (unpaired) electrons. The number of anilines is 1. The van der Waals surface area contributed by atoms with Crippen LogP contribution in [0.5, 0.6) is 0 Å². The summed E-state index contributed by atoms with van der Waals surface area (Å²) in [5, 5.41) is 2.72. The van der Waals surface area contributed by atoms with Crippen LogP contribution in [0.2, 0.25) is 0 Å². The van der Waals surface area contributed by atoms with Crippen LogP contribution in [0.25, 0.3) is 0 Å². The maximum atomic E-state index is 13.9. The van der Waals surface area contributed by atoms with Gasteiger partial charge in [-0.05, 0) is 25.0 Å². The quantitative estimate of drug-likeness (QED) is 0.741. The second-order valence-corrected chi connectivity index (χ2v) is 8.55. The van der Waals surface area contributed by atoms with E-state index in [1.165, 1.54) is 10.4 Å². The average molecular weight is 386 g/mol. The number of carbonyl (C=O) groups excluding carboxylic acids is 1. The lowest BCUT2D eigenvalue weighted by molar-refractivity contribution is -0.125. The molecule has 0 spiro atoms. The van der Waals surface area contributed by atoms with Gasteiger partial charge in [0.05, 0.1) is 11.4 Å². The van der Waals surface area contributed by atoms with Crippen LogP contribution < -0.4 is 10.2 Å². The molecule has 1 aliphatic heterocycles. The number of amides is 1. The molecule has 0 atom stereocenters. The zero-order valence-corrected chi connectivity index (χ0v) is 16.3. The first kappa shape index (κ1) is 20.6. The van der Waals surface area contributed by atoms with Gasteiger partial charge in [0.15, 0.2) is 0 Å². The van der Waals surface area contributed by atoms with Gasteiger partial charge in [0.25, 0.3) is 0 Å². The third-order valence-electron chi connectivity index (χ3n) is 4.84. The largest absolute Gasteiger partial charge is 0.367 e. The molecule has 6 nitrogen and oxygen atoms in total. The molecule has 0 aromatic heterocycles. The number of hydrogen-bond donors (Lipinski definition) is 1. The van der Waals surface area contributed by atoms with Crippen molar-refractivity contribution in [3.05, 3.63) is 30.1 Å². The Bertz CT molecular complexity index is 699. The molecule has 0 saturated carbocycles. The number of sulfonamides is 1. The molecular weight excluding hydrogens is 357 g/mol. The Kier molecular flexibility index (Phi) is 7.40. The summed E-state index contributed by atoms with van der Waals surface area (Å²) in [5.74, 6) is -0.567. The molecule has 26 heavy (non-hydrogen) atoms. The Morgan fingerprint density at radius 2 is 1.77 bits per heavy atom. The van der Waals surface area contributed by atoms with E-state index in [1.54, 1.807) is 18.2 Å². The van der Waals surface area contributed by atoms with Crippen molar-refractivity contribution >= 4 is 21.6 Å². The summed E-state index contributed by atoms with van der Waals surface area (Å²) in [5.41, 5.74) is 0.502. The second-order valence-electron chi connectivity index (χ2n) is 6.46. The van der Waals surface area contributed by atoms with Gasteiger partial charge in [-0.3, -0.25) is 4.79 Å². The predicted octanol–water partition coefficient (Wildman–Crippen LogP) is 1.83. The Morgan fingerprint density at radius 1 is 1.15 bits per heavy atom. The van der Waals surface area contributed by atoms with Crippen LogP contribution in [0, 0.1) is 11.7 Å². The third kappa shape index (κ3) is 5.17. The highest BCUT2D eigenvalue weighted by atomic mass is 32.2. The number of halogens is 1. The van der Waals surface area contributed by atoms with Crippen LogP contribution in [0.4, 0.5) is 10.1 Å². The summed E-state index contributed by atoms with van der Waals surface area (Å²) in [4.78, 5) is 13.8. The Labute approximate surface area is 155 Å². The first-order valence-electron chi connectivity index (χ1n) is 9.14. The van der Waals surface area contributed by atoms with Crippen molar-refractivity contribution in [2.45, 2.75) is 26.7 Å². The van der Waals surface area contributed by atoms with Crippen LogP contribution in [0.1, 0.15) is 26.7 Å². The van der Waals surface area contributed by atoms with Crippen molar-refractivity contribution in [2.24, 2.45) is 5.92 Å². The summed E-state index contributed by atoms with van der Waals surface area (Å²) in [6.45, 7) is 5.53. The maximum Gasteiger partial charge on any atom is 0.223 e. The standard InChI is InChI=1S/C18H28FN3O3S/c1-3-15(4-2)18(23)20-9-14-26(24,25)22-12-10-21(11-13-22)17-8-6-5-7-16(17)19/h5-8,15H,3-4,9-14H2,1-2H3,(H,20,23). The SMILES string of the molecule is CCC(CC)C(=O)NCCS(=O)(=O)N1CCN(c2ccccc2F)CC1. The summed E-state index contributed by atoms with van der Waals surface area (Å²) in [6, 6.07) is 6.51. The number of hydrogen-bond acceptors (Lipinski definition) is 4. The summed E-state index contributed by atoms with van der Waals surface area (Å²) >= 11 is 0. The van der Waals surface area contributed by atoms with E-state index in [0.29, 0.717) is 31.9 Å². The Balaban J connectivity index is 1.84. The van der Waals surface area contributed by atoms with E-state index in [9.17, 15) is 17.6 Å². The summed E-state index contributed by atoms with van der Waals surface area (Å²) in [6.07, 6.45) is 1.49.